The van der Waals surface area contributed by atoms with E-state index in [1.54, 1.807) is 0 Å². The van der Waals surface area contributed by atoms with Crippen molar-refractivity contribution < 1.29 is 9.53 Å². The van der Waals surface area contributed by atoms with Crippen LogP contribution in [0.1, 0.15) is 38.2 Å². The fourth-order valence-electron chi connectivity index (χ4n) is 6.63. The van der Waals surface area contributed by atoms with E-state index in [0.717, 1.165) is 36.6 Å². The largest absolute Gasteiger partial charge is 0.467 e. The van der Waals surface area contributed by atoms with Crippen LogP contribution in [0.5, 0.6) is 5.88 Å². The van der Waals surface area contributed by atoms with E-state index in [2.05, 4.69) is 51.4 Å². The average Bonchev–Trinajstić information content (AvgIpc) is 3.20. The van der Waals surface area contributed by atoms with E-state index < -0.39 is 0 Å². The Bertz CT molecular complexity index is 1160. The molecule has 3 aliphatic rings. The number of nitrogens with zero attached hydrogens (tertiary/aromatic N) is 3. The van der Waals surface area contributed by atoms with Crippen molar-refractivity contribution in [1.29, 1.82) is 0 Å². The maximum Gasteiger partial charge on any atom is 0.261 e. The summed E-state index contributed by atoms with van der Waals surface area (Å²) in [6, 6.07) is 19.5. The molecule has 3 fully saturated rings. The summed E-state index contributed by atoms with van der Waals surface area (Å²) in [5.41, 5.74) is 2.22. The highest BCUT2D eigenvalue weighted by Crippen LogP contribution is 2.52. The normalized spacial score (nSPS) is 30.4. The monoisotopic (exact) mass is 442 g/mol. The number of piperidine rings is 1. The molecule has 6 nitrogen and oxygen atoms in total. The first kappa shape index (κ1) is 20.6. The van der Waals surface area contributed by atoms with Crippen molar-refractivity contribution in [3.05, 3.63) is 66.5 Å². The zero-order valence-corrected chi connectivity index (χ0v) is 19.0. The van der Waals surface area contributed by atoms with Crippen LogP contribution in [0.2, 0.25) is 0 Å². The van der Waals surface area contributed by atoms with E-state index in [1.807, 2.05) is 30.3 Å². The molecule has 6 rings (SSSR count). The molecule has 3 heterocycles. The van der Waals surface area contributed by atoms with Crippen molar-refractivity contribution in [2.45, 2.75) is 63.2 Å². The van der Waals surface area contributed by atoms with Gasteiger partial charge in [-0.2, -0.15) is 0 Å². The van der Waals surface area contributed by atoms with Gasteiger partial charge in [0.2, 0.25) is 5.88 Å². The summed E-state index contributed by atoms with van der Waals surface area (Å²) >= 11 is 0. The number of nitrogens with one attached hydrogen (secondary N) is 1. The van der Waals surface area contributed by atoms with Crippen molar-refractivity contribution in [3.63, 3.8) is 0 Å². The van der Waals surface area contributed by atoms with Crippen LogP contribution < -0.4 is 10.1 Å². The Hall–Kier alpha value is -2.99. The molecule has 1 aliphatic carbocycles. The van der Waals surface area contributed by atoms with Crippen LogP contribution in [0.4, 0.5) is 0 Å². The lowest BCUT2D eigenvalue weighted by atomic mass is 9.64. The van der Waals surface area contributed by atoms with Crippen molar-refractivity contribution in [2.24, 2.45) is 5.41 Å². The van der Waals surface area contributed by atoms with Gasteiger partial charge in [0.25, 0.3) is 5.91 Å². The molecular formula is C27H30N4O2. The fourth-order valence-corrected chi connectivity index (χ4v) is 6.63. The minimum atomic E-state index is -0.00371. The number of amides is 1. The zero-order valence-electron chi connectivity index (χ0n) is 19.0. The number of carbonyl (C=O) groups is 1. The Morgan fingerprint density at radius 2 is 1.94 bits per heavy atom. The molecule has 2 bridgehead atoms. The summed E-state index contributed by atoms with van der Waals surface area (Å²) in [6.07, 6.45) is 6.92. The van der Waals surface area contributed by atoms with Crippen LogP contribution in [0.15, 0.2) is 60.9 Å². The lowest BCUT2D eigenvalue weighted by Gasteiger charge is -2.53. The molecule has 33 heavy (non-hydrogen) atoms. The Kier molecular flexibility index (Phi) is 5.06. The number of rotatable bonds is 5. The van der Waals surface area contributed by atoms with Crippen molar-refractivity contribution in [2.75, 3.05) is 6.61 Å². The van der Waals surface area contributed by atoms with Crippen LogP contribution in [0.3, 0.4) is 0 Å². The SMILES string of the molecule is C[C@]12C[C@@H]3N[C@H]1CCC[C@H]2N(C(=O)COc1ncnc2ccccc12)[C@H]3Cc1ccccc1. The molecule has 2 aromatic carbocycles. The highest BCUT2D eigenvalue weighted by molar-refractivity contribution is 5.84. The molecule has 0 unspecified atom stereocenters. The first-order valence-corrected chi connectivity index (χ1v) is 12.1. The molecule has 170 valence electrons. The van der Waals surface area contributed by atoms with Gasteiger partial charge in [-0.1, -0.05) is 49.4 Å². The molecule has 2 saturated heterocycles. The predicted molar refractivity (Wildman–Crippen MR) is 127 cm³/mol. The van der Waals surface area contributed by atoms with E-state index in [-0.39, 0.29) is 30.0 Å². The average molecular weight is 443 g/mol. The number of hydrogen-bond donors (Lipinski definition) is 1. The van der Waals surface area contributed by atoms with Gasteiger partial charge in [-0.05, 0) is 49.8 Å². The molecule has 2 aliphatic heterocycles. The Labute approximate surface area is 194 Å². The molecule has 1 N–H and O–H groups in total. The number of benzene rings is 2. The van der Waals surface area contributed by atoms with Crippen LogP contribution in [-0.4, -0.2) is 51.5 Å². The Balaban J connectivity index is 1.29. The molecule has 1 saturated carbocycles. The summed E-state index contributed by atoms with van der Waals surface area (Å²) < 4.78 is 6.03. The van der Waals surface area contributed by atoms with Gasteiger partial charge in [0.15, 0.2) is 6.61 Å². The molecular weight excluding hydrogens is 412 g/mol. The third-order valence-corrected chi connectivity index (χ3v) is 8.17. The number of carbonyl (C=O) groups excluding carboxylic acids is 1. The summed E-state index contributed by atoms with van der Waals surface area (Å²) in [5, 5.41) is 4.75. The smallest absolute Gasteiger partial charge is 0.261 e. The number of aromatic nitrogens is 2. The standard InChI is InChI=1S/C27H30N4O2/c1-27-15-21-22(14-18-8-3-2-4-9-18)31(24(27)13-7-12-23(27)30-21)25(32)16-33-26-19-10-5-6-11-20(19)28-17-29-26/h2-6,8-11,17,21-24,30H,7,12-16H2,1H3/t21-,22-,23-,24+,27-/m0/s1. The summed E-state index contributed by atoms with van der Waals surface area (Å²) in [6.45, 7) is 2.38. The summed E-state index contributed by atoms with van der Waals surface area (Å²) in [4.78, 5) is 24.6. The molecule has 0 radical (unpaired) electrons. The second kappa shape index (κ2) is 8.10. The zero-order chi connectivity index (χ0) is 22.4. The van der Waals surface area contributed by atoms with Gasteiger partial charge in [-0.25, -0.2) is 9.97 Å². The van der Waals surface area contributed by atoms with Gasteiger partial charge < -0.3 is 15.0 Å². The van der Waals surface area contributed by atoms with Gasteiger partial charge in [0.05, 0.1) is 16.9 Å². The quantitative estimate of drug-likeness (QED) is 0.652. The minimum absolute atomic E-state index is 0.00371. The molecule has 1 amide bonds. The lowest BCUT2D eigenvalue weighted by Crippen LogP contribution is -2.63. The van der Waals surface area contributed by atoms with Crippen LogP contribution in [0.25, 0.3) is 10.9 Å². The van der Waals surface area contributed by atoms with Crippen molar-refractivity contribution >= 4 is 16.8 Å². The molecule has 3 aromatic rings. The number of ether oxygens (including phenoxy) is 1. The first-order valence-electron chi connectivity index (χ1n) is 12.1. The third-order valence-electron chi connectivity index (χ3n) is 8.17. The highest BCUT2D eigenvalue weighted by Gasteiger charge is 2.60. The maximum atomic E-state index is 13.8. The topological polar surface area (TPSA) is 67.4 Å². The van der Waals surface area contributed by atoms with Crippen LogP contribution in [0, 0.1) is 5.41 Å². The number of hydrogen-bond acceptors (Lipinski definition) is 5. The Morgan fingerprint density at radius 3 is 2.82 bits per heavy atom. The van der Waals surface area contributed by atoms with Crippen LogP contribution in [-0.2, 0) is 11.2 Å². The molecule has 6 heteroatoms. The summed E-state index contributed by atoms with van der Waals surface area (Å²) in [7, 11) is 0. The van der Waals surface area contributed by atoms with Gasteiger partial charge >= 0.3 is 0 Å². The summed E-state index contributed by atoms with van der Waals surface area (Å²) in [5.74, 6) is 0.531. The van der Waals surface area contributed by atoms with Gasteiger partial charge in [0.1, 0.15) is 6.33 Å². The van der Waals surface area contributed by atoms with Crippen molar-refractivity contribution in [1.82, 2.24) is 20.2 Å². The number of likely N-dealkylation sites (tertiary alicyclic amines) is 1. The predicted octanol–water partition coefficient (Wildman–Crippen LogP) is 3.75. The minimum Gasteiger partial charge on any atom is -0.467 e. The maximum absolute atomic E-state index is 13.8. The van der Waals surface area contributed by atoms with Crippen LogP contribution >= 0.6 is 0 Å². The second-order valence-electron chi connectivity index (χ2n) is 10.0. The number of fused-ring (bicyclic) bond motifs is 2. The third kappa shape index (κ3) is 3.48. The van der Waals surface area contributed by atoms with E-state index in [1.165, 1.54) is 18.3 Å². The van der Waals surface area contributed by atoms with E-state index in [4.69, 9.17) is 4.74 Å². The van der Waals surface area contributed by atoms with E-state index in [9.17, 15) is 4.79 Å². The van der Waals surface area contributed by atoms with Gasteiger partial charge in [0, 0.05) is 23.5 Å². The molecule has 1 aromatic heterocycles. The lowest BCUT2D eigenvalue weighted by molar-refractivity contribution is -0.147. The van der Waals surface area contributed by atoms with E-state index in [0.29, 0.717) is 18.0 Å². The fraction of sp³-hybridized carbons (Fsp3) is 0.444. The Morgan fingerprint density at radius 1 is 1.12 bits per heavy atom. The highest BCUT2D eigenvalue weighted by atomic mass is 16.5. The molecule has 0 spiro atoms. The van der Waals surface area contributed by atoms with Gasteiger partial charge in [-0.15, -0.1) is 0 Å². The first-order chi connectivity index (χ1) is 16.1. The van der Waals surface area contributed by atoms with Gasteiger partial charge in [-0.3, -0.25) is 4.79 Å². The number of para-hydroxylation sites is 1. The van der Waals surface area contributed by atoms with E-state index >= 15 is 0 Å². The van der Waals surface area contributed by atoms with Crippen molar-refractivity contribution in [3.8, 4) is 5.88 Å². The molecule has 5 atom stereocenters. The second-order valence-corrected chi connectivity index (χ2v) is 10.0.